The lowest BCUT2D eigenvalue weighted by Gasteiger charge is -2.06. The normalized spacial score (nSPS) is 11.7. The van der Waals surface area contributed by atoms with Crippen molar-refractivity contribution in [2.45, 2.75) is 24.4 Å². The first-order valence-corrected chi connectivity index (χ1v) is 7.66. The van der Waals surface area contributed by atoms with Crippen LogP contribution < -0.4 is 10.0 Å². The van der Waals surface area contributed by atoms with Gasteiger partial charge >= 0.3 is 0 Å². The molecule has 6 nitrogen and oxygen atoms in total. The van der Waals surface area contributed by atoms with Crippen LogP contribution in [-0.2, 0) is 21.3 Å². The van der Waals surface area contributed by atoms with E-state index >= 15 is 0 Å². The van der Waals surface area contributed by atoms with Crippen LogP contribution in [-0.4, -0.2) is 40.7 Å². The van der Waals surface area contributed by atoms with Gasteiger partial charge in [-0.2, -0.15) is 0 Å². The number of sulfonamides is 1. The van der Waals surface area contributed by atoms with Gasteiger partial charge in [-0.15, -0.1) is 0 Å². The molecule has 1 aromatic heterocycles. The molecule has 0 fully saturated rings. The first-order valence-electron chi connectivity index (χ1n) is 6.18. The molecule has 0 bridgehead atoms. The molecule has 0 atom stereocenters. The van der Waals surface area contributed by atoms with E-state index in [-0.39, 0.29) is 5.03 Å². The summed E-state index contributed by atoms with van der Waals surface area (Å²) in [5.74, 6) is 0. The lowest BCUT2D eigenvalue weighted by atomic mass is 10.3. The summed E-state index contributed by atoms with van der Waals surface area (Å²) in [4.78, 5) is 3.97. The Balaban J connectivity index is 2.52. The fraction of sp³-hybridized carbons (Fsp3) is 0.583. The van der Waals surface area contributed by atoms with Crippen LogP contribution in [0.25, 0.3) is 0 Å². The summed E-state index contributed by atoms with van der Waals surface area (Å²) in [6.45, 7) is 1.70. The SMILES string of the molecule is CNCc1ccc(S(=O)(=O)NCCCCOC)nc1. The maximum Gasteiger partial charge on any atom is 0.258 e. The molecule has 108 valence electrons. The summed E-state index contributed by atoms with van der Waals surface area (Å²) in [7, 11) is -0.0501. The van der Waals surface area contributed by atoms with Crippen molar-refractivity contribution in [1.29, 1.82) is 0 Å². The van der Waals surface area contributed by atoms with Crippen LogP contribution in [0, 0.1) is 0 Å². The van der Waals surface area contributed by atoms with Gasteiger partial charge in [0.25, 0.3) is 10.0 Å². The van der Waals surface area contributed by atoms with Gasteiger partial charge < -0.3 is 10.1 Å². The van der Waals surface area contributed by atoms with E-state index < -0.39 is 10.0 Å². The molecule has 0 saturated carbocycles. The summed E-state index contributed by atoms with van der Waals surface area (Å²) in [6, 6.07) is 3.27. The fourth-order valence-electron chi connectivity index (χ4n) is 1.53. The van der Waals surface area contributed by atoms with E-state index in [1.54, 1.807) is 19.4 Å². The van der Waals surface area contributed by atoms with E-state index in [1.807, 2.05) is 7.05 Å². The molecule has 7 heteroatoms. The topological polar surface area (TPSA) is 80.3 Å². The van der Waals surface area contributed by atoms with Crippen molar-refractivity contribution < 1.29 is 13.2 Å². The molecule has 0 aliphatic carbocycles. The molecular formula is C12H21N3O3S. The van der Waals surface area contributed by atoms with Crippen LogP contribution >= 0.6 is 0 Å². The summed E-state index contributed by atoms with van der Waals surface area (Å²) >= 11 is 0. The summed E-state index contributed by atoms with van der Waals surface area (Å²) < 4.78 is 31.3. The third-order valence-corrected chi connectivity index (χ3v) is 3.90. The monoisotopic (exact) mass is 287 g/mol. The van der Waals surface area contributed by atoms with Crippen LogP contribution in [0.3, 0.4) is 0 Å². The predicted octanol–water partition coefficient (Wildman–Crippen LogP) is 0.506. The van der Waals surface area contributed by atoms with E-state index in [1.165, 1.54) is 6.07 Å². The number of pyridine rings is 1. The fourth-order valence-corrected chi connectivity index (χ4v) is 2.53. The lowest BCUT2D eigenvalue weighted by Crippen LogP contribution is -2.25. The average Bonchev–Trinajstić information content (AvgIpc) is 2.39. The van der Waals surface area contributed by atoms with Gasteiger partial charge in [0.2, 0.25) is 0 Å². The minimum absolute atomic E-state index is 0.0547. The number of nitrogens with one attached hydrogen (secondary N) is 2. The van der Waals surface area contributed by atoms with Crippen LogP contribution in [0.2, 0.25) is 0 Å². The van der Waals surface area contributed by atoms with Crippen molar-refractivity contribution in [3.05, 3.63) is 23.9 Å². The van der Waals surface area contributed by atoms with Crippen molar-refractivity contribution in [2.75, 3.05) is 27.3 Å². The molecule has 1 aromatic rings. The minimum atomic E-state index is -3.50. The number of hydrogen-bond donors (Lipinski definition) is 2. The van der Waals surface area contributed by atoms with Crippen LogP contribution in [0.5, 0.6) is 0 Å². The maximum absolute atomic E-state index is 11.9. The van der Waals surface area contributed by atoms with Gasteiger partial charge in [-0.3, -0.25) is 0 Å². The molecule has 2 N–H and O–H groups in total. The number of ether oxygens (including phenoxy) is 1. The standard InChI is InChI=1S/C12H21N3O3S/c1-13-9-11-5-6-12(14-10-11)19(16,17)15-7-3-4-8-18-2/h5-6,10,13,15H,3-4,7-9H2,1-2H3. The molecule has 0 radical (unpaired) electrons. The van der Waals surface area contributed by atoms with Crippen molar-refractivity contribution in [2.24, 2.45) is 0 Å². The lowest BCUT2D eigenvalue weighted by molar-refractivity contribution is 0.193. The minimum Gasteiger partial charge on any atom is -0.385 e. The molecule has 1 heterocycles. The zero-order valence-electron chi connectivity index (χ0n) is 11.3. The van der Waals surface area contributed by atoms with Gasteiger partial charge in [-0.1, -0.05) is 6.07 Å². The number of hydrogen-bond acceptors (Lipinski definition) is 5. The van der Waals surface area contributed by atoms with Crippen LogP contribution in [0.4, 0.5) is 0 Å². The number of methoxy groups -OCH3 is 1. The molecule has 0 aliphatic rings. The van der Waals surface area contributed by atoms with Crippen LogP contribution in [0.1, 0.15) is 18.4 Å². The molecule has 0 spiro atoms. The van der Waals surface area contributed by atoms with Crippen LogP contribution in [0.15, 0.2) is 23.4 Å². The smallest absolute Gasteiger partial charge is 0.258 e. The Labute approximate surface area is 114 Å². The summed E-state index contributed by atoms with van der Waals surface area (Å²) in [6.07, 6.45) is 3.13. The zero-order chi connectivity index (χ0) is 14.1. The second kappa shape index (κ2) is 8.21. The third kappa shape index (κ3) is 5.65. The van der Waals surface area contributed by atoms with E-state index in [0.717, 1.165) is 18.4 Å². The average molecular weight is 287 g/mol. The van der Waals surface area contributed by atoms with Gasteiger partial charge in [0.15, 0.2) is 5.03 Å². The zero-order valence-corrected chi connectivity index (χ0v) is 12.2. The van der Waals surface area contributed by atoms with Gasteiger partial charge in [0, 0.05) is 33.0 Å². The Morgan fingerprint density at radius 3 is 2.68 bits per heavy atom. The van der Waals surface area contributed by atoms with Gasteiger partial charge in [0.05, 0.1) is 0 Å². The quantitative estimate of drug-likeness (QED) is 0.647. The summed E-state index contributed by atoms with van der Waals surface area (Å²) in [5.41, 5.74) is 0.946. The first kappa shape index (κ1) is 16.0. The van der Waals surface area contributed by atoms with Crippen molar-refractivity contribution in [3.63, 3.8) is 0 Å². The Morgan fingerprint density at radius 2 is 2.11 bits per heavy atom. The molecule has 0 saturated heterocycles. The van der Waals surface area contributed by atoms with Gasteiger partial charge in [-0.05, 0) is 31.5 Å². The molecular weight excluding hydrogens is 266 g/mol. The Kier molecular flexibility index (Phi) is 6.93. The second-order valence-corrected chi connectivity index (χ2v) is 5.85. The van der Waals surface area contributed by atoms with E-state index in [2.05, 4.69) is 15.0 Å². The molecule has 0 aliphatic heterocycles. The van der Waals surface area contributed by atoms with E-state index in [9.17, 15) is 8.42 Å². The molecule has 1 rings (SSSR count). The highest BCUT2D eigenvalue weighted by Gasteiger charge is 2.14. The highest BCUT2D eigenvalue weighted by Crippen LogP contribution is 2.06. The highest BCUT2D eigenvalue weighted by molar-refractivity contribution is 7.89. The molecule has 0 amide bonds. The Bertz CT molecular complexity index is 460. The number of rotatable bonds is 9. The molecule has 19 heavy (non-hydrogen) atoms. The number of unbranched alkanes of at least 4 members (excludes halogenated alkanes) is 1. The van der Waals surface area contributed by atoms with Crippen molar-refractivity contribution in [3.8, 4) is 0 Å². The van der Waals surface area contributed by atoms with E-state index in [4.69, 9.17) is 4.74 Å². The summed E-state index contributed by atoms with van der Waals surface area (Å²) in [5, 5.41) is 3.03. The van der Waals surface area contributed by atoms with E-state index in [0.29, 0.717) is 19.7 Å². The number of nitrogens with zero attached hydrogens (tertiary/aromatic N) is 1. The first-order chi connectivity index (χ1) is 9.10. The highest BCUT2D eigenvalue weighted by atomic mass is 32.2. The Hall–Kier alpha value is -1.02. The van der Waals surface area contributed by atoms with Crippen molar-refractivity contribution >= 4 is 10.0 Å². The third-order valence-electron chi connectivity index (χ3n) is 2.52. The molecule has 0 aromatic carbocycles. The second-order valence-electron chi connectivity index (χ2n) is 4.13. The maximum atomic E-state index is 11.9. The van der Waals surface area contributed by atoms with Crippen molar-refractivity contribution in [1.82, 2.24) is 15.0 Å². The largest absolute Gasteiger partial charge is 0.385 e. The Morgan fingerprint density at radius 1 is 1.32 bits per heavy atom. The number of aromatic nitrogens is 1. The molecule has 0 unspecified atom stereocenters. The van der Waals surface area contributed by atoms with Gasteiger partial charge in [0.1, 0.15) is 0 Å². The predicted molar refractivity (Wildman–Crippen MR) is 73.3 cm³/mol. The van der Waals surface area contributed by atoms with Gasteiger partial charge in [-0.25, -0.2) is 18.1 Å².